The minimum Gasteiger partial charge on any atom is -0.369 e. The average Bonchev–Trinajstić information content (AvgIpc) is 2.65. The van der Waals surface area contributed by atoms with Crippen LogP contribution in [0.1, 0.15) is 6.42 Å². The van der Waals surface area contributed by atoms with Crippen molar-refractivity contribution in [1.29, 1.82) is 5.41 Å². The first-order valence-corrected chi connectivity index (χ1v) is 9.01. The van der Waals surface area contributed by atoms with Gasteiger partial charge in [0.25, 0.3) is 0 Å². The standard InChI is InChI=1S/C18H21N5O5S/c19-5-9-11(14(20)25)12(15(21)26)10(6-24)18(17(23)28,13(9)16(22)27)7-1-3-8(29)4-2-7/h1-3,5-6,9-13,19H,4H2,(H2,20,25)(H2,21,26)(H2,22,27)(H2,23,28). The molecule has 9 N–H and O–H groups in total. The van der Waals surface area contributed by atoms with E-state index in [1.54, 1.807) is 0 Å². The molecule has 0 aromatic carbocycles. The van der Waals surface area contributed by atoms with Crippen molar-refractivity contribution in [1.82, 2.24) is 0 Å². The first kappa shape index (κ1) is 22.1. The summed E-state index contributed by atoms with van der Waals surface area (Å²) in [5, 5.41) is 7.77. The molecule has 0 spiro atoms. The Morgan fingerprint density at radius 2 is 1.62 bits per heavy atom. The maximum atomic E-state index is 12.9. The van der Waals surface area contributed by atoms with E-state index in [9.17, 15) is 24.0 Å². The Labute approximate surface area is 171 Å². The highest BCUT2D eigenvalue weighted by molar-refractivity contribution is 7.80. The Hall–Kier alpha value is -3.21. The maximum Gasteiger partial charge on any atom is 0.229 e. The summed E-state index contributed by atoms with van der Waals surface area (Å²) in [6, 6.07) is 0. The van der Waals surface area contributed by atoms with Gasteiger partial charge in [-0.1, -0.05) is 24.4 Å². The quantitative estimate of drug-likeness (QED) is 0.181. The normalized spacial score (nSPS) is 34.0. The maximum absolute atomic E-state index is 12.9. The van der Waals surface area contributed by atoms with E-state index in [4.69, 9.17) is 40.6 Å². The number of rotatable bonds is 7. The highest BCUT2D eigenvalue weighted by atomic mass is 32.1. The molecule has 6 atom stereocenters. The molecule has 0 saturated heterocycles. The molecule has 0 bridgehead atoms. The Balaban J connectivity index is 2.96. The number of aldehydes is 1. The topological polar surface area (TPSA) is 213 Å². The Morgan fingerprint density at radius 1 is 1.03 bits per heavy atom. The van der Waals surface area contributed by atoms with Crippen molar-refractivity contribution in [3.8, 4) is 0 Å². The fraction of sp³-hybridized carbons (Fsp3) is 0.389. The third-order valence-corrected chi connectivity index (χ3v) is 6.05. The molecule has 2 rings (SSSR count). The molecule has 154 valence electrons. The number of nitrogens with one attached hydrogen (secondary N) is 1. The molecule has 0 aromatic heterocycles. The van der Waals surface area contributed by atoms with Crippen molar-refractivity contribution in [3.63, 3.8) is 0 Å². The summed E-state index contributed by atoms with van der Waals surface area (Å²) in [6.07, 6.45) is 5.58. The lowest BCUT2D eigenvalue weighted by atomic mass is 9.46. The number of nitrogens with two attached hydrogens (primary N) is 4. The van der Waals surface area contributed by atoms with E-state index < -0.39 is 58.6 Å². The Morgan fingerprint density at radius 3 is 1.97 bits per heavy atom. The number of primary amides is 4. The lowest BCUT2D eigenvalue weighted by Gasteiger charge is -2.53. The van der Waals surface area contributed by atoms with Crippen molar-refractivity contribution in [3.05, 3.63) is 23.8 Å². The zero-order valence-electron chi connectivity index (χ0n) is 15.2. The molecule has 4 amide bonds. The van der Waals surface area contributed by atoms with E-state index in [2.05, 4.69) is 0 Å². The van der Waals surface area contributed by atoms with Crippen LogP contribution in [0.25, 0.3) is 0 Å². The molecule has 0 aliphatic heterocycles. The van der Waals surface area contributed by atoms with Crippen LogP contribution >= 0.6 is 12.2 Å². The Kier molecular flexibility index (Phi) is 6.12. The van der Waals surface area contributed by atoms with Gasteiger partial charge in [0.1, 0.15) is 6.29 Å². The number of carbonyl (C=O) groups excluding carboxylic acids is 5. The monoisotopic (exact) mass is 419 g/mol. The fourth-order valence-corrected chi connectivity index (χ4v) is 4.81. The molecule has 11 heteroatoms. The molecule has 1 saturated carbocycles. The van der Waals surface area contributed by atoms with Crippen LogP contribution in [-0.4, -0.2) is 41.0 Å². The predicted octanol–water partition coefficient (Wildman–Crippen LogP) is -1.89. The van der Waals surface area contributed by atoms with Crippen molar-refractivity contribution >= 4 is 53.2 Å². The van der Waals surface area contributed by atoms with Crippen LogP contribution in [-0.2, 0) is 24.0 Å². The summed E-state index contributed by atoms with van der Waals surface area (Å²) in [5.41, 5.74) is 20.2. The number of hydrogen-bond donors (Lipinski definition) is 5. The predicted molar refractivity (Wildman–Crippen MR) is 106 cm³/mol. The number of thiocarbonyl (C=S) groups is 1. The third kappa shape index (κ3) is 3.27. The van der Waals surface area contributed by atoms with Crippen LogP contribution < -0.4 is 22.9 Å². The highest BCUT2D eigenvalue weighted by Crippen LogP contribution is 2.56. The molecule has 2 aliphatic rings. The molecule has 2 aliphatic carbocycles. The highest BCUT2D eigenvalue weighted by Gasteiger charge is 2.67. The number of hydrogen-bond acceptors (Lipinski definition) is 7. The lowest BCUT2D eigenvalue weighted by molar-refractivity contribution is -0.161. The summed E-state index contributed by atoms with van der Waals surface area (Å²) in [4.78, 5) is 62.5. The van der Waals surface area contributed by atoms with E-state index in [1.807, 2.05) is 0 Å². The smallest absolute Gasteiger partial charge is 0.229 e. The minimum absolute atomic E-state index is 0.139. The van der Waals surface area contributed by atoms with Gasteiger partial charge in [-0.25, -0.2) is 0 Å². The zero-order chi connectivity index (χ0) is 22.1. The third-order valence-electron chi connectivity index (χ3n) is 5.75. The van der Waals surface area contributed by atoms with Crippen molar-refractivity contribution < 1.29 is 24.0 Å². The van der Waals surface area contributed by atoms with Gasteiger partial charge in [0, 0.05) is 23.1 Å². The Bertz CT molecular complexity index is 882. The van der Waals surface area contributed by atoms with E-state index >= 15 is 0 Å². The van der Waals surface area contributed by atoms with Crippen LogP contribution in [0.3, 0.4) is 0 Å². The average molecular weight is 419 g/mol. The molecule has 29 heavy (non-hydrogen) atoms. The van der Waals surface area contributed by atoms with E-state index in [1.165, 1.54) is 18.2 Å². The van der Waals surface area contributed by atoms with Gasteiger partial charge in [0.05, 0.1) is 23.2 Å². The van der Waals surface area contributed by atoms with Gasteiger partial charge in [0.2, 0.25) is 23.6 Å². The van der Waals surface area contributed by atoms with Gasteiger partial charge in [-0.2, -0.15) is 0 Å². The number of amides is 4. The summed E-state index contributed by atoms with van der Waals surface area (Å²) < 4.78 is 0. The SMILES string of the molecule is N=CC1C(C(N)=O)C(C(N)=O)C(C=O)C(C(N)=O)(C2=CCC(=S)C=C2)C1C(N)=O. The van der Waals surface area contributed by atoms with Gasteiger partial charge in [-0.15, -0.1) is 0 Å². The van der Waals surface area contributed by atoms with E-state index in [-0.39, 0.29) is 18.3 Å². The van der Waals surface area contributed by atoms with Crippen molar-refractivity contribution in [2.24, 2.45) is 57.9 Å². The van der Waals surface area contributed by atoms with E-state index in [0.717, 1.165) is 0 Å². The van der Waals surface area contributed by atoms with Crippen molar-refractivity contribution in [2.45, 2.75) is 6.42 Å². The summed E-state index contributed by atoms with van der Waals surface area (Å²) in [7, 11) is 0. The molecule has 0 aromatic rings. The summed E-state index contributed by atoms with van der Waals surface area (Å²) in [6.45, 7) is 0. The molecular weight excluding hydrogens is 398 g/mol. The van der Waals surface area contributed by atoms with Crippen molar-refractivity contribution in [2.75, 3.05) is 0 Å². The molecule has 10 nitrogen and oxygen atoms in total. The van der Waals surface area contributed by atoms with Gasteiger partial charge in [-0.05, 0) is 17.9 Å². The molecular formula is C18H21N5O5S. The second-order valence-corrected chi connectivity index (χ2v) is 7.56. The summed E-state index contributed by atoms with van der Waals surface area (Å²) >= 11 is 5.08. The number of carbonyl (C=O) groups is 5. The van der Waals surface area contributed by atoms with Crippen LogP contribution in [0, 0.1) is 40.4 Å². The molecule has 6 unspecified atom stereocenters. The molecule has 1 fully saturated rings. The summed E-state index contributed by atoms with van der Waals surface area (Å²) in [5.74, 6) is -12.0. The van der Waals surface area contributed by atoms with Gasteiger partial charge in [-0.3, -0.25) is 19.2 Å². The van der Waals surface area contributed by atoms with Gasteiger partial charge in [0.15, 0.2) is 0 Å². The zero-order valence-corrected chi connectivity index (χ0v) is 16.1. The van der Waals surface area contributed by atoms with Gasteiger partial charge < -0.3 is 33.1 Å². The van der Waals surface area contributed by atoms with Crippen LogP contribution in [0.5, 0.6) is 0 Å². The van der Waals surface area contributed by atoms with Crippen LogP contribution in [0.15, 0.2) is 23.8 Å². The molecule has 0 radical (unpaired) electrons. The molecule has 0 heterocycles. The second kappa shape index (κ2) is 8.03. The largest absolute Gasteiger partial charge is 0.369 e. The lowest BCUT2D eigenvalue weighted by Crippen LogP contribution is -2.67. The second-order valence-electron chi connectivity index (χ2n) is 7.04. The van der Waals surface area contributed by atoms with E-state index in [0.29, 0.717) is 11.1 Å². The number of allylic oxidation sites excluding steroid dienone is 3. The fourth-order valence-electron chi connectivity index (χ4n) is 4.66. The van der Waals surface area contributed by atoms with Crippen LogP contribution in [0.2, 0.25) is 0 Å². The minimum atomic E-state index is -2.12. The first-order valence-electron chi connectivity index (χ1n) is 8.60. The van der Waals surface area contributed by atoms with Gasteiger partial charge >= 0.3 is 0 Å². The first-order chi connectivity index (χ1) is 13.5. The van der Waals surface area contributed by atoms with Crippen LogP contribution in [0.4, 0.5) is 0 Å².